The van der Waals surface area contributed by atoms with Gasteiger partial charge in [0.05, 0.1) is 16.8 Å². The highest BCUT2D eigenvalue weighted by Crippen LogP contribution is 2.30. The first-order valence-corrected chi connectivity index (χ1v) is 10.3. The number of likely N-dealkylation sites (tertiary alicyclic amines) is 1. The van der Waals surface area contributed by atoms with Crippen molar-refractivity contribution in [3.8, 4) is 0 Å². The average molecular weight is 319 g/mol. The molecule has 116 valence electrons. The Bertz CT molecular complexity index is 435. The predicted molar refractivity (Wildman–Crippen MR) is 83.7 cm³/mol. The second-order valence-electron chi connectivity index (χ2n) is 6.36. The molecule has 1 aliphatic carbocycles. The number of amides is 1. The van der Waals surface area contributed by atoms with Crippen LogP contribution >= 0.6 is 11.8 Å². The summed E-state index contributed by atoms with van der Waals surface area (Å²) in [7, 11) is -3.02. The molecular formula is C14H25NO3S2. The van der Waals surface area contributed by atoms with Crippen molar-refractivity contribution in [2.45, 2.75) is 50.0 Å². The summed E-state index contributed by atoms with van der Waals surface area (Å²) in [4.78, 5) is 13.7. The molecule has 0 aromatic carbocycles. The molecule has 0 N–H and O–H groups in total. The highest BCUT2D eigenvalue weighted by molar-refractivity contribution is 8.00. The van der Waals surface area contributed by atoms with Crippen LogP contribution in [0.2, 0.25) is 0 Å². The van der Waals surface area contributed by atoms with Crippen LogP contribution in [0.5, 0.6) is 0 Å². The van der Waals surface area contributed by atoms with Crippen molar-refractivity contribution in [2.75, 3.05) is 24.6 Å². The molecule has 0 radical (unpaired) electrons. The van der Waals surface area contributed by atoms with Gasteiger partial charge in [0.15, 0.2) is 9.84 Å². The molecule has 1 saturated carbocycles. The van der Waals surface area contributed by atoms with E-state index in [2.05, 4.69) is 0 Å². The molecule has 1 aliphatic heterocycles. The lowest BCUT2D eigenvalue weighted by Gasteiger charge is -2.39. The van der Waals surface area contributed by atoms with Gasteiger partial charge in [-0.1, -0.05) is 26.7 Å². The Morgan fingerprint density at radius 3 is 2.40 bits per heavy atom. The number of carbonyl (C=O) groups excluding carboxylic acids is 1. The second-order valence-corrected chi connectivity index (χ2v) is 9.98. The molecule has 1 heterocycles. The Balaban J connectivity index is 1.71. The Kier molecular flexibility index (Phi) is 5.40. The van der Waals surface area contributed by atoms with Crippen LogP contribution in [0.3, 0.4) is 0 Å². The zero-order valence-corrected chi connectivity index (χ0v) is 14.0. The second kappa shape index (κ2) is 6.69. The van der Waals surface area contributed by atoms with Crippen molar-refractivity contribution >= 4 is 27.5 Å². The minimum atomic E-state index is -3.02. The summed E-state index contributed by atoms with van der Waals surface area (Å²) in [5.41, 5.74) is 0. The Hall–Kier alpha value is -0.230. The summed E-state index contributed by atoms with van der Waals surface area (Å²) in [6.07, 6.45) is 5.02. The van der Waals surface area contributed by atoms with E-state index >= 15 is 0 Å². The first kappa shape index (κ1) is 16.1. The molecule has 0 unspecified atom stereocenters. The van der Waals surface area contributed by atoms with E-state index in [9.17, 15) is 13.2 Å². The van der Waals surface area contributed by atoms with Crippen LogP contribution in [0, 0.1) is 5.92 Å². The number of hydrogen-bond donors (Lipinski definition) is 0. The zero-order chi connectivity index (χ0) is 14.8. The van der Waals surface area contributed by atoms with Crippen molar-refractivity contribution < 1.29 is 13.2 Å². The van der Waals surface area contributed by atoms with E-state index in [-0.39, 0.29) is 22.8 Å². The van der Waals surface area contributed by atoms with Gasteiger partial charge in [-0.15, -0.1) is 11.8 Å². The summed E-state index contributed by atoms with van der Waals surface area (Å²) in [5, 5.41) is 0.311. The number of rotatable bonds is 6. The molecule has 0 aromatic heterocycles. The van der Waals surface area contributed by atoms with Crippen molar-refractivity contribution in [2.24, 2.45) is 5.92 Å². The molecule has 2 aliphatic rings. The van der Waals surface area contributed by atoms with E-state index in [0.717, 1.165) is 0 Å². The Morgan fingerprint density at radius 1 is 1.25 bits per heavy atom. The molecule has 4 nitrogen and oxygen atoms in total. The van der Waals surface area contributed by atoms with E-state index in [4.69, 9.17) is 0 Å². The lowest BCUT2D eigenvalue weighted by Crippen LogP contribution is -2.58. The topological polar surface area (TPSA) is 54.5 Å². The van der Waals surface area contributed by atoms with Crippen molar-refractivity contribution in [1.29, 1.82) is 0 Å². The van der Waals surface area contributed by atoms with Gasteiger partial charge in [-0.3, -0.25) is 4.79 Å². The fourth-order valence-electron chi connectivity index (χ4n) is 2.81. The molecule has 0 bridgehead atoms. The van der Waals surface area contributed by atoms with Gasteiger partial charge in [0, 0.05) is 18.3 Å². The molecule has 0 aromatic rings. The van der Waals surface area contributed by atoms with Crippen LogP contribution in [-0.2, 0) is 14.6 Å². The lowest BCUT2D eigenvalue weighted by molar-refractivity contribution is -0.131. The summed E-state index contributed by atoms with van der Waals surface area (Å²) in [5.74, 6) is 1.01. The normalized spacial score (nSPS) is 21.4. The van der Waals surface area contributed by atoms with Crippen LogP contribution in [0.25, 0.3) is 0 Å². The molecule has 0 atom stereocenters. The number of thioether (sulfide) groups is 1. The van der Waals surface area contributed by atoms with Crippen LogP contribution in [0.4, 0.5) is 0 Å². The fourth-order valence-corrected chi connectivity index (χ4v) is 6.05. The summed E-state index contributed by atoms with van der Waals surface area (Å²) < 4.78 is 24.0. The zero-order valence-electron chi connectivity index (χ0n) is 12.4. The minimum absolute atomic E-state index is 0.109. The number of carbonyl (C=O) groups is 1. The monoisotopic (exact) mass is 319 g/mol. The SMILES string of the molecule is CC(C)CS(=O)(=O)C1CN(C(=O)CSC2CCCC2)C1. The summed E-state index contributed by atoms with van der Waals surface area (Å²) >= 11 is 1.75. The van der Waals surface area contributed by atoms with Crippen LogP contribution in [-0.4, -0.2) is 54.3 Å². The number of hydrogen-bond acceptors (Lipinski definition) is 4. The van der Waals surface area contributed by atoms with Gasteiger partial charge in [0.1, 0.15) is 0 Å². The first-order valence-electron chi connectivity index (χ1n) is 7.49. The van der Waals surface area contributed by atoms with E-state index in [1.165, 1.54) is 25.7 Å². The maximum absolute atomic E-state index is 12.0. The van der Waals surface area contributed by atoms with Gasteiger partial charge in [0.2, 0.25) is 5.91 Å². The van der Waals surface area contributed by atoms with Gasteiger partial charge >= 0.3 is 0 Å². The standard InChI is InChI=1S/C14H25NO3S2/c1-11(2)10-20(17,18)13-7-15(8-13)14(16)9-19-12-5-3-4-6-12/h11-13H,3-10H2,1-2H3. The number of sulfone groups is 1. The molecule has 20 heavy (non-hydrogen) atoms. The van der Waals surface area contributed by atoms with Gasteiger partial charge in [0.25, 0.3) is 0 Å². The molecule has 0 spiro atoms. The maximum Gasteiger partial charge on any atom is 0.232 e. The summed E-state index contributed by atoms with van der Waals surface area (Å²) in [6.45, 7) is 4.63. The van der Waals surface area contributed by atoms with Gasteiger partial charge in [-0.05, 0) is 18.8 Å². The van der Waals surface area contributed by atoms with Crippen LogP contribution in [0.1, 0.15) is 39.5 Å². The van der Waals surface area contributed by atoms with Crippen molar-refractivity contribution in [3.05, 3.63) is 0 Å². The smallest absolute Gasteiger partial charge is 0.232 e. The Labute approximate surface area is 126 Å². The fraction of sp³-hybridized carbons (Fsp3) is 0.929. The third kappa shape index (κ3) is 4.13. The molecule has 6 heteroatoms. The molecule has 1 amide bonds. The van der Waals surface area contributed by atoms with Gasteiger partial charge in [-0.2, -0.15) is 0 Å². The molecular weight excluding hydrogens is 294 g/mol. The van der Waals surface area contributed by atoms with Crippen molar-refractivity contribution in [3.63, 3.8) is 0 Å². The lowest BCUT2D eigenvalue weighted by atomic mass is 10.2. The summed E-state index contributed by atoms with van der Waals surface area (Å²) in [6, 6.07) is 0. The van der Waals surface area contributed by atoms with E-state index in [1.54, 1.807) is 16.7 Å². The van der Waals surface area contributed by atoms with Gasteiger partial charge < -0.3 is 4.90 Å². The quantitative estimate of drug-likeness (QED) is 0.751. The van der Waals surface area contributed by atoms with Crippen LogP contribution in [0.15, 0.2) is 0 Å². The first-order chi connectivity index (χ1) is 9.38. The van der Waals surface area contributed by atoms with Crippen molar-refractivity contribution in [1.82, 2.24) is 4.90 Å². The predicted octanol–water partition coefficient (Wildman–Crippen LogP) is 1.94. The highest BCUT2D eigenvalue weighted by atomic mass is 32.2. The third-order valence-electron chi connectivity index (χ3n) is 4.02. The maximum atomic E-state index is 12.0. The van der Waals surface area contributed by atoms with E-state index in [1.807, 2.05) is 13.8 Å². The average Bonchev–Trinajstić information content (AvgIpc) is 2.74. The minimum Gasteiger partial charge on any atom is -0.339 e. The number of nitrogens with zero attached hydrogens (tertiary/aromatic N) is 1. The third-order valence-corrected chi connectivity index (χ3v) is 7.82. The highest BCUT2D eigenvalue weighted by Gasteiger charge is 2.39. The van der Waals surface area contributed by atoms with E-state index < -0.39 is 9.84 Å². The largest absolute Gasteiger partial charge is 0.339 e. The molecule has 1 saturated heterocycles. The van der Waals surface area contributed by atoms with Crippen LogP contribution < -0.4 is 0 Å². The van der Waals surface area contributed by atoms with Gasteiger partial charge in [-0.25, -0.2) is 8.42 Å². The Morgan fingerprint density at radius 2 is 1.85 bits per heavy atom. The molecule has 2 rings (SSSR count). The molecule has 2 fully saturated rings. The van der Waals surface area contributed by atoms with E-state index in [0.29, 0.717) is 24.1 Å².